The number of para-hydroxylation sites is 1. The van der Waals surface area contributed by atoms with Crippen molar-refractivity contribution < 1.29 is 24.0 Å². The Morgan fingerprint density at radius 3 is 2.55 bits per heavy atom. The van der Waals surface area contributed by atoms with E-state index in [4.69, 9.17) is 9.47 Å². The zero-order chi connectivity index (χ0) is 21.4. The van der Waals surface area contributed by atoms with Gasteiger partial charge in [-0.15, -0.1) is 0 Å². The maximum Gasteiger partial charge on any atom is 0.331 e. The number of nitro groups is 1. The van der Waals surface area contributed by atoms with E-state index < -0.39 is 23.4 Å². The number of hydrogen-bond acceptors (Lipinski definition) is 6. The van der Waals surface area contributed by atoms with E-state index >= 15 is 0 Å². The highest BCUT2D eigenvalue weighted by atomic mass is 16.6. The molecular weight excluding hydrogens is 376 g/mol. The number of nitrogens with one attached hydrogen (secondary N) is 1. The van der Waals surface area contributed by atoms with Crippen molar-refractivity contribution in [2.45, 2.75) is 20.8 Å². The second-order valence-electron chi connectivity index (χ2n) is 6.17. The lowest BCUT2D eigenvalue weighted by molar-refractivity contribution is -0.384. The Morgan fingerprint density at radius 2 is 1.86 bits per heavy atom. The number of amides is 1. The van der Waals surface area contributed by atoms with Gasteiger partial charge in [0, 0.05) is 17.7 Å². The van der Waals surface area contributed by atoms with Crippen molar-refractivity contribution in [3.8, 4) is 5.75 Å². The summed E-state index contributed by atoms with van der Waals surface area (Å²) in [5, 5.41) is 13.6. The van der Waals surface area contributed by atoms with Crippen LogP contribution in [0.25, 0.3) is 6.08 Å². The summed E-state index contributed by atoms with van der Waals surface area (Å²) in [5.74, 6) is -0.771. The molecule has 152 valence electrons. The molecule has 0 radical (unpaired) electrons. The predicted molar refractivity (Wildman–Crippen MR) is 109 cm³/mol. The van der Waals surface area contributed by atoms with E-state index in [1.54, 1.807) is 32.0 Å². The Labute approximate surface area is 168 Å². The molecule has 0 aromatic heterocycles. The summed E-state index contributed by atoms with van der Waals surface area (Å²) in [6.45, 7) is 5.29. The number of carbonyl (C=O) groups is 2. The highest BCUT2D eigenvalue weighted by Crippen LogP contribution is 2.27. The van der Waals surface area contributed by atoms with Gasteiger partial charge in [-0.05, 0) is 50.1 Å². The van der Waals surface area contributed by atoms with Crippen LogP contribution in [0.2, 0.25) is 0 Å². The summed E-state index contributed by atoms with van der Waals surface area (Å²) in [7, 11) is 0. The zero-order valence-electron chi connectivity index (χ0n) is 16.4. The normalized spacial score (nSPS) is 10.6. The van der Waals surface area contributed by atoms with Crippen LogP contribution >= 0.6 is 0 Å². The summed E-state index contributed by atoms with van der Waals surface area (Å²) >= 11 is 0. The largest absolute Gasteiger partial charge is 0.493 e. The van der Waals surface area contributed by atoms with Crippen LogP contribution in [-0.2, 0) is 14.3 Å². The first-order chi connectivity index (χ1) is 13.8. The highest BCUT2D eigenvalue weighted by molar-refractivity contribution is 5.96. The van der Waals surface area contributed by atoms with Crippen LogP contribution < -0.4 is 10.1 Å². The van der Waals surface area contributed by atoms with Gasteiger partial charge in [0.25, 0.3) is 11.6 Å². The molecule has 1 amide bonds. The molecule has 8 heteroatoms. The Balaban J connectivity index is 1.97. The summed E-state index contributed by atoms with van der Waals surface area (Å²) in [4.78, 5) is 34.5. The number of esters is 1. The van der Waals surface area contributed by atoms with E-state index in [9.17, 15) is 19.7 Å². The quantitative estimate of drug-likeness (QED) is 0.314. The van der Waals surface area contributed by atoms with E-state index in [0.717, 1.165) is 11.1 Å². The summed E-state index contributed by atoms with van der Waals surface area (Å²) < 4.78 is 10.4. The number of nitrogens with zero attached hydrogens (tertiary/aromatic N) is 1. The van der Waals surface area contributed by atoms with Gasteiger partial charge >= 0.3 is 5.97 Å². The van der Waals surface area contributed by atoms with Gasteiger partial charge in [0.1, 0.15) is 11.4 Å². The monoisotopic (exact) mass is 398 g/mol. The standard InChI is InChI=1S/C21H22N2O6/c1-4-28-19-8-6-5-7-16(19)9-10-21(25)29-13-20(24)22-17-11-14(2)15(3)12-18(17)23(26)27/h5-12H,4,13H2,1-3H3,(H,22,24)/b10-9+. The number of carbonyl (C=O) groups excluding carboxylic acids is 2. The third-order valence-electron chi connectivity index (χ3n) is 4.05. The lowest BCUT2D eigenvalue weighted by Crippen LogP contribution is -2.20. The molecule has 0 aliphatic heterocycles. The van der Waals surface area contributed by atoms with Gasteiger partial charge < -0.3 is 14.8 Å². The fraction of sp³-hybridized carbons (Fsp3) is 0.238. The maximum atomic E-state index is 12.0. The maximum absolute atomic E-state index is 12.0. The number of hydrogen-bond donors (Lipinski definition) is 1. The molecule has 0 fully saturated rings. The predicted octanol–water partition coefficient (Wildman–Crippen LogP) is 3.81. The summed E-state index contributed by atoms with van der Waals surface area (Å²) in [6.07, 6.45) is 2.71. The molecule has 0 aliphatic carbocycles. The Kier molecular flexibility index (Phi) is 7.47. The number of aryl methyl sites for hydroxylation is 2. The molecule has 0 atom stereocenters. The van der Waals surface area contributed by atoms with E-state index in [1.165, 1.54) is 24.3 Å². The SMILES string of the molecule is CCOc1ccccc1/C=C/C(=O)OCC(=O)Nc1cc(C)c(C)cc1[N+](=O)[O-]. The molecule has 0 aliphatic rings. The van der Waals surface area contributed by atoms with Gasteiger partial charge in [-0.3, -0.25) is 14.9 Å². The highest BCUT2D eigenvalue weighted by Gasteiger charge is 2.18. The molecule has 2 rings (SSSR count). The molecule has 0 heterocycles. The van der Waals surface area contributed by atoms with Crippen molar-refractivity contribution in [1.29, 1.82) is 0 Å². The molecule has 1 N–H and O–H groups in total. The van der Waals surface area contributed by atoms with Gasteiger partial charge in [-0.25, -0.2) is 4.79 Å². The number of anilines is 1. The van der Waals surface area contributed by atoms with Crippen molar-refractivity contribution in [2.24, 2.45) is 0 Å². The topological polar surface area (TPSA) is 108 Å². The number of benzene rings is 2. The molecule has 0 unspecified atom stereocenters. The number of rotatable bonds is 8. The summed E-state index contributed by atoms with van der Waals surface area (Å²) in [6, 6.07) is 10.1. The molecule has 8 nitrogen and oxygen atoms in total. The second kappa shape index (κ2) is 10.0. The molecule has 2 aromatic rings. The van der Waals surface area contributed by atoms with Crippen LogP contribution in [0.1, 0.15) is 23.6 Å². The average Bonchev–Trinajstić information content (AvgIpc) is 2.68. The van der Waals surface area contributed by atoms with E-state index in [2.05, 4.69) is 5.32 Å². The minimum Gasteiger partial charge on any atom is -0.493 e. The van der Waals surface area contributed by atoms with Crippen molar-refractivity contribution >= 4 is 29.3 Å². The summed E-state index contributed by atoms with van der Waals surface area (Å²) in [5.41, 5.74) is 2.06. The van der Waals surface area contributed by atoms with Crippen molar-refractivity contribution in [1.82, 2.24) is 0 Å². The van der Waals surface area contributed by atoms with E-state index in [-0.39, 0.29) is 11.4 Å². The first-order valence-electron chi connectivity index (χ1n) is 8.94. The minimum absolute atomic E-state index is 0.0559. The molecule has 0 spiro atoms. The molecule has 2 aromatic carbocycles. The van der Waals surface area contributed by atoms with Crippen molar-refractivity contribution in [2.75, 3.05) is 18.5 Å². The fourth-order valence-electron chi connectivity index (χ4n) is 2.49. The Hall–Kier alpha value is -3.68. The van der Waals surface area contributed by atoms with Crippen LogP contribution in [0.15, 0.2) is 42.5 Å². The third kappa shape index (κ3) is 6.17. The molecule has 0 saturated heterocycles. The fourth-order valence-corrected chi connectivity index (χ4v) is 2.49. The lowest BCUT2D eigenvalue weighted by Gasteiger charge is -2.09. The second-order valence-corrected chi connectivity index (χ2v) is 6.17. The van der Waals surface area contributed by atoms with Crippen LogP contribution in [0, 0.1) is 24.0 Å². The molecule has 0 saturated carbocycles. The van der Waals surface area contributed by atoms with Crippen LogP contribution in [0.5, 0.6) is 5.75 Å². The molecular formula is C21H22N2O6. The van der Waals surface area contributed by atoms with Crippen molar-refractivity contribution in [3.63, 3.8) is 0 Å². The minimum atomic E-state index is -0.721. The van der Waals surface area contributed by atoms with Crippen LogP contribution in [-0.4, -0.2) is 30.0 Å². The lowest BCUT2D eigenvalue weighted by atomic mass is 10.1. The van der Waals surface area contributed by atoms with Gasteiger partial charge in [-0.1, -0.05) is 18.2 Å². The third-order valence-corrected chi connectivity index (χ3v) is 4.05. The molecule has 0 bridgehead atoms. The number of nitro benzene ring substituents is 1. The van der Waals surface area contributed by atoms with Gasteiger partial charge in [0.2, 0.25) is 0 Å². The Bertz CT molecular complexity index is 952. The van der Waals surface area contributed by atoms with E-state index in [1.807, 2.05) is 13.0 Å². The number of ether oxygens (including phenoxy) is 2. The smallest absolute Gasteiger partial charge is 0.331 e. The van der Waals surface area contributed by atoms with Gasteiger partial charge in [0.15, 0.2) is 6.61 Å². The Morgan fingerprint density at radius 1 is 1.17 bits per heavy atom. The zero-order valence-corrected chi connectivity index (χ0v) is 16.4. The first-order valence-corrected chi connectivity index (χ1v) is 8.94. The van der Waals surface area contributed by atoms with Gasteiger partial charge in [-0.2, -0.15) is 0 Å². The van der Waals surface area contributed by atoms with Gasteiger partial charge in [0.05, 0.1) is 11.5 Å². The molecule has 29 heavy (non-hydrogen) atoms. The van der Waals surface area contributed by atoms with Crippen molar-refractivity contribution in [3.05, 3.63) is 69.3 Å². The first kappa shape index (κ1) is 21.6. The van der Waals surface area contributed by atoms with Crippen LogP contribution in [0.3, 0.4) is 0 Å². The van der Waals surface area contributed by atoms with Crippen LogP contribution in [0.4, 0.5) is 11.4 Å². The average molecular weight is 398 g/mol. The van der Waals surface area contributed by atoms with E-state index in [0.29, 0.717) is 17.9 Å².